The molecule has 1 aliphatic rings. The highest BCUT2D eigenvalue weighted by molar-refractivity contribution is 5.89. The van der Waals surface area contributed by atoms with Gasteiger partial charge in [-0.1, -0.05) is 6.58 Å². The van der Waals surface area contributed by atoms with Crippen LogP contribution in [0.4, 0.5) is 0 Å². The van der Waals surface area contributed by atoms with Crippen LogP contribution in [0.15, 0.2) is 40.2 Å². The molecule has 1 unspecified atom stereocenters. The summed E-state index contributed by atoms with van der Waals surface area (Å²) in [5, 5.41) is 3.71. The lowest BCUT2D eigenvalue weighted by Crippen LogP contribution is -2.27. The van der Waals surface area contributed by atoms with Gasteiger partial charge in [-0.25, -0.2) is 5.43 Å². The van der Waals surface area contributed by atoms with Crippen LogP contribution in [0.2, 0.25) is 0 Å². The summed E-state index contributed by atoms with van der Waals surface area (Å²) < 4.78 is 4.99. The number of furan rings is 1. The van der Waals surface area contributed by atoms with E-state index in [-0.39, 0.29) is 18.2 Å². The van der Waals surface area contributed by atoms with Gasteiger partial charge < -0.3 is 9.84 Å². The van der Waals surface area contributed by atoms with Crippen molar-refractivity contribution in [3.8, 4) is 0 Å². The number of carbonyl (C=O) groups is 2. The summed E-state index contributed by atoms with van der Waals surface area (Å²) in [6.45, 7) is 3.63. The van der Waals surface area contributed by atoms with Crippen LogP contribution in [0.1, 0.15) is 12.2 Å². The van der Waals surface area contributed by atoms with Crippen LogP contribution in [0, 0.1) is 5.92 Å². The first-order valence-electron chi connectivity index (χ1n) is 5.27. The largest absolute Gasteiger partial charge is 0.463 e. The van der Waals surface area contributed by atoms with Gasteiger partial charge in [0.1, 0.15) is 5.76 Å². The number of hydrazine groups is 1. The van der Waals surface area contributed by atoms with E-state index in [0.29, 0.717) is 11.5 Å². The average molecular weight is 248 g/mol. The monoisotopic (exact) mass is 248 g/mol. The number of carbonyl (C=O) groups excluding carboxylic acids is 2. The van der Waals surface area contributed by atoms with Gasteiger partial charge in [-0.3, -0.25) is 15.0 Å². The third kappa shape index (κ3) is 2.76. The minimum absolute atomic E-state index is 0.00678. The molecule has 7 heteroatoms. The van der Waals surface area contributed by atoms with Crippen LogP contribution in [0.25, 0.3) is 0 Å². The molecule has 2 rings (SSSR count). The highest BCUT2D eigenvalue weighted by Gasteiger charge is 2.29. The number of nitrogens with zero attached hydrogens (tertiary/aromatic N) is 1. The predicted octanol–water partition coefficient (Wildman–Crippen LogP) is -0.116. The van der Waals surface area contributed by atoms with E-state index >= 15 is 0 Å². The van der Waals surface area contributed by atoms with E-state index in [4.69, 9.17) is 4.42 Å². The third-order valence-corrected chi connectivity index (χ3v) is 2.40. The normalized spacial score (nSPS) is 18.8. The Morgan fingerprint density at radius 3 is 3.06 bits per heavy atom. The van der Waals surface area contributed by atoms with Gasteiger partial charge in [0.05, 0.1) is 18.4 Å². The zero-order chi connectivity index (χ0) is 13.0. The van der Waals surface area contributed by atoms with Gasteiger partial charge in [-0.2, -0.15) is 5.10 Å². The zero-order valence-corrected chi connectivity index (χ0v) is 9.47. The van der Waals surface area contributed by atoms with E-state index in [9.17, 15) is 9.59 Å². The van der Waals surface area contributed by atoms with Crippen LogP contribution in [-0.2, 0) is 9.59 Å². The number of hydrazone groups is 1. The Morgan fingerprint density at radius 1 is 1.61 bits per heavy atom. The molecule has 2 heterocycles. The van der Waals surface area contributed by atoms with Crippen molar-refractivity contribution < 1.29 is 14.0 Å². The Hall–Kier alpha value is -2.57. The van der Waals surface area contributed by atoms with Crippen molar-refractivity contribution in [2.45, 2.75) is 6.42 Å². The Bertz CT molecular complexity index is 476. The summed E-state index contributed by atoms with van der Waals surface area (Å²) >= 11 is 0. The van der Waals surface area contributed by atoms with Crippen LogP contribution in [0.5, 0.6) is 0 Å². The van der Waals surface area contributed by atoms with Gasteiger partial charge in [0.2, 0.25) is 11.8 Å². The molecular formula is C11H12N4O3. The maximum absolute atomic E-state index is 11.5. The summed E-state index contributed by atoms with van der Waals surface area (Å²) in [6.07, 6.45) is 2.87. The van der Waals surface area contributed by atoms with Crippen LogP contribution in [-0.4, -0.2) is 18.0 Å². The van der Waals surface area contributed by atoms with Crippen molar-refractivity contribution in [2.24, 2.45) is 11.0 Å². The second-order valence-corrected chi connectivity index (χ2v) is 3.70. The fourth-order valence-electron chi connectivity index (χ4n) is 1.45. The Labute approximate surface area is 103 Å². The molecule has 1 aromatic rings. The maximum Gasteiger partial charge on any atom is 0.247 e. The molecule has 0 radical (unpaired) electrons. The predicted molar refractivity (Wildman–Crippen MR) is 63.0 cm³/mol. The van der Waals surface area contributed by atoms with Crippen molar-refractivity contribution in [3.63, 3.8) is 0 Å². The molecule has 1 aromatic heterocycles. The lowest BCUT2D eigenvalue weighted by Gasteiger charge is -2.04. The fourth-order valence-corrected chi connectivity index (χ4v) is 1.45. The molecule has 2 amide bonds. The van der Waals surface area contributed by atoms with Gasteiger partial charge in [0.15, 0.2) is 0 Å². The molecule has 94 valence electrons. The summed E-state index contributed by atoms with van der Waals surface area (Å²) in [5.74, 6) is -0.684. The zero-order valence-electron chi connectivity index (χ0n) is 9.47. The molecule has 3 N–H and O–H groups in total. The minimum atomic E-state index is -0.566. The first kappa shape index (κ1) is 11.9. The highest BCUT2D eigenvalue weighted by atomic mass is 16.3. The molecule has 1 saturated heterocycles. The maximum atomic E-state index is 11.5. The summed E-state index contributed by atoms with van der Waals surface area (Å²) in [7, 11) is 0. The standard InChI is InChI=1S/C11H12N4O3/c1-7-9(11(17)15-13-7)5-10(16)14-12-6-8-3-2-4-18-8/h2-4,6,9,13H,1,5H2,(H,14,16)(H,15,17). The summed E-state index contributed by atoms with van der Waals surface area (Å²) in [4.78, 5) is 22.8. The van der Waals surface area contributed by atoms with Gasteiger partial charge in [-0.15, -0.1) is 0 Å². The van der Waals surface area contributed by atoms with E-state index in [2.05, 4.69) is 28.0 Å². The topological polar surface area (TPSA) is 95.7 Å². The third-order valence-electron chi connectivity index (χ3n) is 2.40. The highest BCUT2D eigenvalue weighted by Crippen LogP contribution is 2.15. The Balaban J connectivity index is 1.82. The van der Waals surface area contributed by atoms with E-state index in [1.54, 1.807) is 12.1 Å². The first-order chi connectivity index (χ1) is 8.66. The second-order valence-electron chi connectivity index (χ2n) is 3.70. The van der Waals surface area contributed by atoms with Crippen molar-refractivity contribution in [1.29, 1.82) is 0 Å². The fraction of sp³-hybridized carbons (Fsp3) is 0.182. The van der Waals surface area contributed by atoms with Crippen molar-refractivity contribution in [2.75, 3.05) is 0 Å². The molecule has 0 aromatic carbocycles. The molecule has 1 atom stereocenters. The molecule has 0 bridgehead atoms. The van der Waals surface area contributed by atoms with E-state index in [1.165, 1.54) is 12.5 Å². The number of nitrogens with one attached hydrogen (secondary N) is 3. The molecule has 7 nitrogen and oxygen atoms in total. The smallest absolute Gasteiger partial charge is 0.247 e. The molecule has 0 aliphatic carbocycles. The SMILES string of the molecule is C=C1NNC(=O)C1CC(=O)NN=Cc1ccco1. The van der Waals surface area contributed by atoms with Crippen LogP contribution < -0.4 is 16.3 Å². The van der Waals surface area contributed by atoms with Gasteiger partial charge in [0, 0.05) is 12.1 Å². The Morgan fingerprint density at radius 2 is 2.44 bits per heavy atom. The van der Waals surface area contributed by atoms with Gasteiger partial charge in [0.25, 0.3) is 0 Å². The van der Waals surface area contributed by atoms with Crippen molar-refractivity contribution in [1.82, 2.24) is 16.3 Å². The quantitative estimate of drug-likeness (QED) is 0.511. The van der Waals surface area contributed by atoms with Gasteiger partial charge >= 0.3 is 0 Å². The average Bonchev–Trinajstić information content (AvgIpc) is 2.94. The van der Waals surface area contributed by atoms with Gasteiger partial charge in [-0.05, 0) is 12.1 Å². The molecule has 1 fully saturated rings. The van der Waals surface area contributed by atoms with E-state index in [1.807, 2.05) is 0 Å². The van der Waals surface area contributed by atoms with Crippen LogP contribution >= 0.6 is 0 Å². The molecule has 0 spiro atoms. The Kier molecular flexibility index (Phi) is 3.42. The van der Waals surface area contributed by atoms with Crippen molar-refractivity contribution in [3.05, 3.63) is 36.4 Å². The summed E-state index contributed by atoms with van der Waals surface area (Å²) in [5.41, 5.74) is 7.74. The second kappa shape index (κ2) is 5.17. The molecule has 18 heavy (non-hydrogen) atoms. The molecular weight excluding hydrogens is 236 g/mol. The van der Waals surface area contributed by atoms with Crippen molar-refractivity contribution >= 4 is 18.0 Å². The number of amides is 2. The molecule has 0 saturated carbocycles. The number of hydrogen-bond donors (Lipinski definition) is 3. The lowest BCUT2D eigenvalue weighted by molar-refractivity contribution is -0.127. The van der Waals surface area contributed by atoms with Crippen LogP contribution in [0.3, 0.4) is 0 Å². The number of hydrogen-bond acceptors (Lipinski definition) is 5. The lowest BCUT2D eigenvalue weighted by atomic mass is 10.0. The summed E-state index contributed by atoms with van der Waals surface area (Å²) in [6, 6.07) is 3.41. The molecule has 1 aliphatic heterocycles. The van der Waals surface area contributed by atoms with E-state index in [0.717, 1.165) is 0 Å². The number of rotatable bonds is 4. The first-order valence-corrected chi connectivity index (χ1v) is 5.27. The minimum Gasteiger partial charge on any atom is -0.463 e. The van der Waals surface area contributed by atoms with E-state index < -0.39 is 5.92 Å².